The van der Waals surface area contributed by atoms with Crippen molar-refractivity contribution in [3.63, 3.8) is 0 Å². The van der Waals surface area contributed by atoms with Crippen molar-refractivity contribution in [2.75, 3.05) is 20.6 Å². The van der Waals surface area contributed by atoms with Gasteiger partial charge in [-0.25, -0.2) is 0 Å². The van der Waals surface area contributed by atoms with E-state index in [2.05, 4.69) is 50.3 Å². The third kappa shape index (κ3) is 5.07. The number of hydrogen-bond acceptors (Lipinski definition) is 2. The zero-order valence-corrected chi connectivity index (χ0v) is 12.0. The highest BCUT2D eigenvalue weighted by Gasteiger charge is 2.14. The van der Waals surface area contributed by atoms with Crippen molar-refractivity contribution in [2.45, 2.75) is 26.4 Å². The highest BCUT2D eigenvalue weighted by atomic mass is 35.5. The Kier molecular flexibility index (Phi) is 5.96. The van der Waals surface area contributed by atoms with Gasteiger partial charge in [0.2, 0.25) is 0 Å². The first kappa shape index (κ1) is 14.5. The van der Waals surface area contributed by atoms with Crippen LogP contribution in [0.15, 0.2) is 24.3 Å². The van der Waals surface area contributed by atoms with Crippen LogP contribution < -0.4 is 5.32 Å². The average Bonchev–Trinajstić information content (AvgIpc) is 2.25. The lowest BCUT2D eigenvalue weighted by molar-refractivity contribution is 0.224. The fraction of sp³-hybridized carbons (Fsp3) is 0.571. The molecule has 0 saturated heterocycles. The summed E-state index contributed by atoms with van der Waals surface area (Å²) in [5.74, 6) is 0.655. The number of hydrogen-bond donors (Lipinski definition) is 1. The molecule has 1 aromatic carbocycles. The van der Waals surface area contributed by atoms with Gasteiger partial charge in [-0.15, -0.1) is 0 Å². The SMILES string of the molecule is CC(C)C(CNCc1ccc(Cl)cc1)N(C)C. The Morgan fingerprint density at radius 2 is 1.76 bits per heavy atom. The Morgan fingerprint density at radius 3 is 2.24 bits per heavy atom. The molecule has 0 spiro atoms. The van der Waals surface area contributed by atoms with E-state index < -0.39 is 0 Å². The zero-order chi connectivity index (χ0) is 12.8. The second-order valence-corrected chi connectivity index (χ2v) is 5.47. The van der Waals surface area contributed by atoms with Gasteiger partial charge < -0.3 is 10.2 Å². The summed E-state index contributed by atoms with van der Waals surface area (Å²) >= 11 is 5.85. The van der Waals surface area contributed by atoms with Crippen LogP contribution >= 0.6 is 11.6 Å². The largest absolute Gasteiger partial charge is 0.311 e. The maximum Gasteiger partial charge on any atom is 0.0406 e. The monoisotopic (exact) mass is 254 g/mol. The maximum absolute atomic E-state index is 5.85. The Labute approximate surface area is 110 Å². The quantitative estimate of drug-likeness (QED) is 0.840. The van der Waals surface area contributed by atoms with Gasteiger partial charge in [-0.2, -0.15) is 0 Å². The number of rotatable bonds is 6. The molecule has 0 radical (unpaired) electrons. The molecule has 0 aliphatic rings. The predicted molar refractivity (Wildman–Crippen MR) is 75.5 cm³/mol. The van der Waals surface area contributed by atoms with Gasteiger partial charge in [0.25, 0.3) is 0 Å². The Bertz CT molecular complexity index is 311. The Balaban J connectivity index is 2.38. The molecular formula is C14H23ClN2. The van der Waals surface area contributed by atoms with Gasteiger partial charge in [-0.3, -0.25) is 0 Å². The van der Waals surface area contributed by atoms with Crippen molar-refractivity contribution < 1.29 is 0 Å². The van der Waals surface area contributed by atoms with E-state index in [4.69, 9.17) is 11.6 Å². The summed E-state index contributed by atoms with van der Waals surface area (Å²) in [6, 6.07) is 8.57. The van der Waals surface area contributed by atoms with Crippen molar-refractivity contribution >= 4 is 11.6 Å². The standard InChI is InChI=1S/C14H23ClN2/c1-11(2)14(17(3)4)10-16-9-12-5-7-13(15)8-6-12/h5-8,11,14,16H,9-10H2,1-4H3. The smallest absolute Gasteiger partial charge is 0.0406 e. The molecule has 0 fully saturated rings. The number of benzene rings is 1. The van der Waals surface area contributed by atoms with E-state index in [1.807, 2.05) is 12.1 Å². The Hall–Kier alpha value is -0.570. The third-order valence-electron chi connectivity index (χ3n) is 3.03. The van der Waals surface area contributed by atoms with E-state index in [0.29, 0.717) is 12.0 Å². The van der Waals surface area contributed by atoms with Gasteiger partial charge in [0.05, 0.1) is 0 Å². The van der Waals surface area contributed by atoms with Crippen LogP contribution in [0.4, 0.5) is 0 Å². The first-order chi connectivity index (χ1) is 8.00. The first-order valence-corrected chi connectivity index (χ1v) is 6.50. The molecule has 96 valence electrons. The van der Waals surface area contributed by atoms with Crippen LogP contribution in [0.2, 0.25) is 5.02 Å². The van der Waals surface area contributed by atoms with Gasteiger partial charge in [0.1, 0.15) is 0 Å². The molecule has 0 aromatic heterocycles. The van der Waals surface area contributed by atoms with Gasteiger partial charge in [0.15, 0.2) is 0 Å². The summed E-state index contributed by atoms with van der Waals surface area (Å²) in [7, 11) is 4.27. The third-order valence-corrected chi connectivity index (χ3v) is 3.28. The maximum atomic E-state index is 5.85. The van der Waals surface area contributed by atoms with E-state index in [-0.39, 0.29) is 0 Å². The molecule has 0 amide bonds. The molecule has 0 heterocycles. The van der Waals surface area contributed by atoms with E-state index in [1.165, 1.54) is 5.56 Å². The van der Waals surface area contributed by atoms with Crippen molar-refractivity contribution in [2.24, 2.45) is 5.92 Å². The number of nitrogens with one attached hydrogen (secondary N) is 1. The van der Waals surface area contributed by atoms with E-state index >= 15 is 0 Å². The summed E-state index contributed by atoms with van der Waals surface area (Å²) < 4.78 is 0. The van der Waals surface area contributed by atoms with Crippen molar-refractivity contribution in [1.29, 1.82) is 0 Å². The van der Waals surface area contributed by atoms with Crippen LogP contribution in [0.5, 0.6) is 0 Å². The molecule has 2 nitrogen and oxygen atoms in total. The molecule has 1 atom stereocenters. The molecule has 1 unspecified atom stereocenters. The first-order valence-electron chi connectivity index (χ1n) is 6.12. The number of nitrogens with zero attached hydrogens (tertiary/aromatic N) is 1. The van der Waals surface area contributed by atoms with E-state index in [1.54, 1.807) is 0 Å². The van der Waals surface area contributed by atoms with Crippen LogP contribution in [0.25, 0.3) is 0 Å². The normalized spacial score (nSPS) is 13.4. The van der Waals surface area contributed by atoms with Crippen molar-refractivity contribution in [3.05, 3.63) is 34.9 Å². The summed E-state index contributed by atoms with van der Waals surface area (Å²) in [6.45, 7) is 6.42. The van der Waals surface area contributed by atoms with E-state index in [9.17, 15) is 0 Å². The highest BCUT2D eigenvalue weighted by molar-refractivity contribution is 6.30. The summed E-state index contributed by atoms with van der Waals surface area (Å²) in [5.41, 5.74) is 1.27. The predicted octanol–water partition coefficient (Wildman–Crippen LogP) is 3.02. The van der Waals surface area contributed by atoms with E-state index in [0.717, 1.165) is 18.1 Å². The number of likely N-dealkylation sites (N-methyl/N-ethyl adjacent to an activating group) is 1. The number of halogens is 1. The van der Waals surface area contributed by atoms with Crippen LogP contribution in [0, 0.1) is 5.92 Å². The van der Waals surface area contributed by atoms with Gasteiger partial charge in [0, 0.05) is 24.2 Å². The summed E-state index contributed by atoms with van der Waals surface area (Å²) in [4.78, 5) is 2.28. The minimum absolute atomic E-state index is 0.572. The molecule has 1 rings (SSSR count). The van der Waals surface area contributed by atoms with Crippen LogP contribution in [-0.2, 0) is 6.54 Å². The minimum atomic E-state index is 0.572. The van der Waals surface area contributed by atoms with Gasteiger partial charge >= 0.3 is 0 Å². The average molecular weight is 255 g/mol. The fourth-order valence-corrected chi connectivity index (χ4v) is 2.11. The molecule has 1 N–H and O–H groups in total. The Morgan fingerprint density at radius 1 is 1.18 bits per heavy atom. The van der Waals surface area contributed by atoms with Crippen LogP contribution in [0.1, 0.15) is 19.4 Å². The van der Waals surface area contributed by atoms with Gasteiger partial charge in [-0.05, 0) is 37.7 Å². The second-order valence-electron chi connectivity index (χ2n) is 5.03. The molecule has 0 aliphatic heterocycles. The zero-order valence-electron chi connectivity index (χ0n) is 11.2. The molecule has 0 aliphatic carbocycles. The fourth-order valence-electron chi connectivity index (χ4n) is 1.98. The molecular weight excluding hydrogens is 232 g/mol. The lowest BCUT2D eigenvalue weighted by Crippen LogP contribution is -2.41. The lowest BCUT2D eigenvalue weighted by atomic mass is 10.0. The van der Waals surface area contributed by atoms with Crippen molar-refractivity contribution in [3.8, 4) is 0 Å². The molecule has 3 heteroatoms. The lowest BCUT2D eigenvalue weighted by Gasteiger charge is -2.28. The molecule has 1 aromatic rings. The molecule has 0 bridgehead atoms. The topological polar surface area (TPSA) is 15.3 Å². The highest BCUT2D eigenvalue weighted by Crippen LogP contribution is 2.10. The van der Waals surface area contributed by atoms with Crippen LogP contribution in [0.3, 0.4) is 0 Å². The second kappa shape index (κ2) is 7.00. The molecule has 0 saturated carbocycles. The minimum Gasteiger partial charge on any atom is -0.311 e. The molecule has 17 heavy (non-hydrogen) atoms. The van der Waals surface area contributed by atoms with Crippen LogP contribution in [-0.4, -0.2) is 31.6 Å². The summed E-state index contributed by atoms with van der Waals surface area (Å²) in [5, 5.41) is 4.29. The van der Waals surface area contributed by atoms with Gasteiger partial charge in [-0.1, -0.05) is 37.6 Å². The summed E-state index contributed by atoms with van der Waals surface area (Å²) in [6.07, 6.45) is 0. The van der Waals surface area contributed by atoms with Crippen molar-refractivity contribution in [1.82, 2.24) is 10.2 Å².